The first-order chi connectivity index (χ1) is 13.9. The molecule has 30 heavy (non-hydrogen) atoms. The minimum Gasteiger partial charge on any atom is -0.497 e. The van der Waals surface area contributed by atoms with Gasteiger partial charge in [0.1, 0.15) is 11.8 Å². The molecule has 168 valence electrons. The molecule has 1 heterocycles. The van der Waals surface area contributed by atoms with Crippen molar-refractivity contribution in [2.75, 3.05) is 20.3 Å². The SMILES string of the molecule is COc1cccc(CN(C(=O)CC(C)(C)C)[C@@H]2CN[C@H](C(=O)OCC(C)(C)C)C2)c1. The van der Waals surface area contributed by atoms with Crippen LogP contribution in [-0.4, -0.2) is 49.1 Å². The van der Waals surface area contributed by atoms with Gasteiger partial charge in [-0.25, -0.2) is 0 Å². The molecule has 1 aromatic carbocycles. The van der Waals surface area contributed by atoms with Crippen molar-refractivity contribution in [3.8, 4) is 5.75 Å². The van der Waals surface area contributed by atoms with E-state index in [4.69, 9.17) is 9.47 Å². The fourth-order valence-corrected chi connectivity index (χ4v) is 3.47. The van der Waals surface area contributed by atoms with Gasteiger partial charge in [-0.05, 0) is 34.9 Å². The molecule has 0 radical (unpaired) electrons. The summed E-state index contributed by atoms with van der Waals surface area (Å²) >= 11 is 0. The van der Waals surface area contributed by atoms with E-state index < -0.39 is 0 Å². The molecule has 0 aromatic heterocycles. The number of rotatable bonds is 7. The number of methoxy groups -OCH3 is 1. The number of hydrogen-bond donors (Lipinski definition) is 1. The minimum absolute atomic E-state index is 0.0572. The Labute approximate surface area is 181 Å². The van der Waals surface area contributed by atoms with Crippen LogP contribution in [0, 0.1) is 10.8 Å². The van der Waals surface area contributed by atoms with Gasteiger partial charge in [-0.2, -0.15) is 0 Å². The number of hydrogen-bond acceptors (Lipinski definition) is 5. The van der Waals surface area contributed by atoms with Crippen LogP contribution < -0.4 is 10.1 Å². The van der Waals surface area contributed by atoms with Gasteiger partial charge in [-0.1, -0.05) is 53.7 Å². The van der Waals surface area contributed by atoms with E-state index in [0.717, 1.165) is 11.3 Å². The quantitative estimate of drug-likeness (QED) is 0.683. The molecule has 6 heteroatoms. The Morgan fingerprint density at radius 3 is 2.43 bits per heavy atom. The number of carbonyl (C=O) groups is 2. The molecule has 0 bridgehead atoms. The molecule has 0 saturated carbocycles. The molecule has 0 aliphatic carbocycles. The third-order valence-corrected chi connectivity index (χ3v) is 4.97. The fourth-order valence-electron chi connectivity index (χ4n) is 3.47. The van der Waals surface area contributed by atoms with Crippen LogP contribution in [0.2, 0.25) is 0 Å². The number of benzene rings is 1. The van der Waals surface area contributed by atoms with Crippen molar-refractivity contribution in [1.82, 2.24) is 10.2 Å². The summed E-state index contributed by atoms with van der Waals surface area (Å²) in [7, 11) is 1.64. The second-order valence-corrected chi connectivity index (χ2v) is 10.6. The highest BCUT2D eigenvalue weighted by atomic mass is 16.5. The highest BCUT2D eigenvalue weighted by Crippen LogP contribution is 2.26. The average molecular weight is 419 g/mol. The lowest BCUT2D eigenvalue weighted by atomic mass is 9.91. The summed E-state index contributed by atoms with van der Waals surface area (Å²) in [4.78, 5) is 27.6. The third-order valence-electron chi connectivity index (χ3n) is 4.97. The number of amides is 1. The van der Waals surface area contributed by atoms with Crippen LogP contribution in [0.25, 0.3) is 0 Å². The minimum atomic E-state index is -0.382. The van der Waals surface area contributed by atoms with E-state index in [0.29, 0.717) is 32.5 Å². The van der Waals surface area contributed by atoms with Crippen molar-refractivity contribution in [1.29, 1.82) is 0 Å². The Bertz CT molecular complexity index is 733. The molecule has 0 spiro atoms. The van der Waals surface area contributed by atoms with Crippen LogP contribution in [0.5, 0.6) is 5.75 Å². The molecular weight excluding hydrogens is 380 g/mol. The lowest BCUT2D eigenvalue weighted by molar-refractivity contribution is -0.149. The van der Waals surface area contributed by atoms with Crippen LogP contribution >= 0.6 is 0 Å². The van der Waals surface area contributed by atoms with Gasteiger partial charge in [0.15, 0.2) is 0 Å². The Balaban J connectivity index is 2.12. The van der Waals surface area contributed by atoms with Crippen molar-refractivity contribution < 1.29 is 19.1 Å². The zero-order valence-electron chi connectivity index (χ0n) is 19.6. The molecule has 1 N–H and O–H groups in total. The van der Waals surface area contributed by atoms with Crippen molar-refractivity contribution in [2.24, 2.45) is 10.8 Å². The topological polar surface area (TPSA) is 67.9 Å². The molecule has 6 nitrogen and oxygen atoms in total. The lowest BCUT2D eigenvalue weighted by Crippen LogP contribution is -2.42. The molecule has 1 amide bonds. The Hall–Kier alpha value is -2.08. The van der Waals surface area contributed by atoms with Gasteiger partial charge in [-0.3, -0.25) is 9.59 Å². The van der Waals surface area contributed by atoms with Crippen LogP contribution in [-0.2, 0) is 20.9 Å². The molecule has 1 aliphatic rings. The Morgan fingerprint density at radius 2 is 1.83 bits per heavy atom. The van der Waals surface area contributed by atoms with Gasteiger partial charge in [-0.15, -0.1) is 0 Å². The maximum atomic E-state index is 13.2. The van der Waals surface area contributed by atoms with Gasteiger partial charge >= 0.3 is 5.97 Å². The lowest BCUT2D eigenvalue weighted by Gasteiger charge is -2.31. The summed E-state index contributed by atoms with van der Waals surface area (Å²) in [5.41, 5.74) is 0.825. The third kappa shape index (κ3) is 7.63. The highest BCUT2D eigenvalue weighted by Gasteiger charge is 2.37. The van der Waals surface area contributed by atoms with Crippen molar-refractivity contribution in [2.45, 2.75) is 73.0 Å². The standard InChI is InChI=1S/C24H38N2O4/c1-23(2,3)13-21(27)26(15-17-9-8-10-19(11-17)29-7)18-12-20(25-14-18)22(28)30-16-24(4,5)6/h8-11,18,20,25H,12-16H2,1-7H3/t18-,20-/m0/s1. The summed E-state index contributed by atoms with van der Waals surface area (Å²) < 4.78 is 10.8. The van der Waals surface area contributed by atoms with Gasteiger partial charge < -0.3 is 19.7 Å². The molecule has 1 saturated heterocycles. The van der Waals surface area contributed by atoms with E-state index in [9.17, 15) is 9.59 Å². The fraction of sp³-hybridized carbons (Fsp3) is 0.667. The average Bonchev–Trinajstić information content (AvgIpc) is 3.12. The van der Waals surface area contributed by atoms with E-state index in [1.807, 2.05) is 49.9 Å². The number of nitrogens with one attached hydrogen (secondary N) is 1. The number of carbonyl (C=O) groups excluding carboxylic acids is 2. The summed E-state index contributed by atoms with van der Waals surface area (Å²) in [6, 6.07) is 7.33. The molecule has 2 rings (SSSR count). The van der Waals surface area contributed by atoms with Crippen molar-refractivity contribution >= 4 is 11.9 Å². The molecule has 0 unspecified atom stereocenters. The summed E-state index contributed by atoms with van der Waals surface area (Å²) in [5.74, 6) is 0.627. The maximum absolute atomic E-state index is 13.2. The van der Waals surface area contributed by atoms with E-state index in [1.165, 1.54) is 0 Å². The molecule has 1 aliphatic heterocycles. The summed E-state index contributed by atoms with van der Waals surface area (Å²) in [5, 5.41) is 3.26. The number of ether oxygens (including phenoxy) is 2. The van der Waals surface area contributed by atoms with Crippen LogP contribution in [0.4, 0.5) is 0 Å². The maximum Gasteiger partial charge on any atom is 0.323 e. The van der Waals surface area contributed by atoms with Gasteiger partial charge in [0, 0.05) is 25.6 Å². The second kappa shape index (κ2) is 9.82. The van der Waals surface area contributed by atoms with E-state index in [2.05, 4.69) is 26.1 Å². The predicted molar refractivity (Wildman–Crippen MR) is 118 cm³/mol. The molecular formula is C24H38N2O4. The number of nitrogens with zero attached hydrogens (tertiary/aromatic N) is 1. The Morgan fingerprint density at radius 1 is 1.13 bits per heavy atom. The van der Waals surface area contributed by atoms with Crippen LogP contribution in [0.1, 0.15) is 59.9 Å². The zero-order valence-corrected chi connectivity index (χ0v) is 19.6. The zero-order chi connectivity index (χ0) is 22.5. The van der Waals surface area contributed by atoms with Gasteiger partial charge in [0.25, 0.3) is 0 Å². The van der Waals surface area contributed by atoms with E-state index in [1.54, 1.807) is 7.11 Å². The highest BCUT2D eigenvalue weighted by molar-refractivity contribution is 5.79. The molecule has 1 fully saturated rings. The van der Waals surface area contributed by atoms with Crippen LogP contribution in [0.15, 0.2) is 24.3 Å². The van der Waals surface area contributed by atoms with E-state index in [-0.39, 0.29) is 34.8 Å². The van der Waals surface area contributed by atoms with Crippen molar-refractivity contribution in [3.05, 3.63) is 29.8 Å². The first-order valence-corrected chi connectivity index (χ1v) is 10.7. The summed E-state index contributed by atoms with van der Waals surface area (Å²) in [6.07, 6.45) is 1.01. The largest absolute Gasteiger partial charge is 0.497 e. The van der Waals surface area contributed by atoms with Gasteiger partial charge in [0.05, 0.1) is 13.7 Å². The van der Waals surface area contributed by atoms with Crippen molar-refractivity contribution in [3.63, 3.8) is 0 Å². The first kappa shape index (κ1) is 24.2. The molecule has 2 atom stereocenters. The first-order valence-electron chi connectivity index (χ1n) is 10.7. The molecule has 1 aromatic rings. The smallest absolute Gasteiger partial charge is 0.323 e. The van der Waals surface area contributed by atoms with Crippen LogP contribution in [0.3, 0.4) is 0 Å². The number of esters is 1. The Kier molecular flexibility index (Phi) is 7.92. The van der Waals surface area contributed by atoms with E-state index >= 15 is 0 Å². The van der Waals surface area contributed by atoms with Gasteiger partial charge in [0.2, 0.25) is 5.91 Å². The second-order valence-electron chi connectivity index (χ2n) is 10.6. The normalized spacial score (nSPS) is 19.4. The summed E-state index contributed by atoms with van der Waals surface area (Å²) in [6.45, 7) is 13.7. The predicted octanol–water partition coefficient (Wildman–Crippen LogP) is 3.78. The monoisotopic (exact) mass is 418 g/mol.